The largest absolute Gasteiger partial charge is 0.329 e. The maximum absolute atomic E-state index is 11.9. The lowest BCUT2D eigenvalue weighted by molar-refractivity contribution is 0.192. The molecular formula is C9H19N3O2S. The van der Waals surface area contributed by atoms with Gasteiger partial charge in [0.25, 0.3) is 0 Å². The van der Waals surface area contributed by atoms with Crippen LogP contribution in [0.15, 0.2) is 0 Å². The van der Waals surface area contributed by atoms with Crippen LogP contribution in [0.4, 0.5) is 0 Å². The van der Waals surface area contributed by atoms with Crippen molar-refractivity contribution in [2.24, 2.45) is 5.73 Å². The van der Waals surface area contributed by atoms with Gasteiger partial charge in [0.2, 0.25) is 10.0 Å². The highest BCUT2D eigenvalue weighted by molar-refractivity contribution is 7.90. The Bertz CT molecular complexity index is 305. The molecule has 88 valence electrons. The molecule has 0 amide bonds. The number of sulfonamides is 1. The number of nitrogens with two attached hydrogens (primary N) is 1. The van der Waals surface area contributed by atoms with E-state index in [-0.39, 0.29) is 5.25 Å². The Morgan fingerprint density at radius 3 is 2.20 bits per heavy atom. The van der Waals surface area contributed by atoms with Crippen molar-refractivity contribution in [1.82, 2.24) is 9.21 Å². The maximum Gasteiger partial charge on any atom is 0.217 e. The summed E-state index contributed by atoms with van der Waals surface area (Å²) in [7, 11) is -2.95. The third kappa shape index (κ3) is 2.50. The molecule has 0 aromatic heterocycles. The van der Waals surface area contributed by atoms with Crippen molar-refractivity contribution in [3.8, 4) is 0 Å². The molecule has 15 heavy (non-hydrogen) atoms. The molecule has 1 aliphatic heterocycles. The average Bonchev–Trinajstić information content (AvgIpc) is 3.02. The van der Waals surface area contributed by atoms with E-state index < -0.39 is 10.0 Å². The van der Waals surface area contributed by atoms with Gasteiger partial charge in [-0.3, -0.25) is 4.90 Å². The first-order valence-corrected chi connectivity index (χ1v) is 7.06. The Labute approximate surface area is 91.3 Å². The van der Waals surface area contributed by atoms with E-state index in [0.717, 1.165) is 32.5 Å². The van der Waals surface area contributed by atoms with Crippen LogP contribution in [-0.2, 0) is 10.0 Å². The molecule has 2 aliphatic rings. The predicted octanol–water partition coefficient (Wildman–Crippen LogP) is -0.945. The van der Waals surface area contributed by atoms with Crippen LogP contribution in [0, 0.1) is 0 Å². The number of piperazine rings is 1. The second kappa shape index (κ2) is 4.37. The molecule has 0 unspecified atom stereocenters. The Morgan fingerprint density at radius 2 is 1.73 bits per heavy atom. The molecule has 0 aromatic rings. The van der Waals surface area contributed by atoms with E-state index in [1.165, 1.54) is 0 Å². The summed E-state index contributed by atoms with van der Waals surface area (Å²) in [6.45, 7) is 4.44. The molecule has 0 spiro atoms. The van der Waals surface area contributed by atoms with Gasteiger partial charge < -0.3 is 5.73 Å². The van der Waals surface area contributed by atoms with Gasteiger partial charge in [-0.05, 0) is 12.8 Å². The standard InChI is InChI=1S/C9H19N3O2S/c10-3-4-11-5-7-12(8-6-11)15(13,14)9-1-2-9/h9H,1-8,10H2. The van der Waals surface area contributed by atoms with E-state index in [9.17, 15) is 8.42 Å². The van der Waals surface area contributed by atoms with E-state index >= 15 is 0 Å². The zero-order chi connectivity index (χ0) is 10.9. The fourth-order valence-electron chi connectivity index (χ4n) is 1.97. The van der Waals surface area contributed by atoms with E-state index in [1.54, 1.807) is 4.31 Å². The predicted molar refractivity (Wildman–Crippen MR) is 59.0 cm³/mol. The molecule has 1 aliphatic carbocycles. The zero-order valence-corrected chi connectivity index (χ0v) is 9.75. The average molecular weight is 233 g/mol. The second-order valence-corrected chi connectivity index (χ2v) is 6.49. The summed E-state index contributed by atoms with van der Waals surface area (Å²) in [5, 5.41) is -0.0708. The molecule has 0 aromatic carbocycles. The van der Waals surface area contributed by atoms with Gasteiger partial charge in [0, 0.05) is 39.3 Å². The molecule has 6 heteroatoms. The highest BCUT2D eigenvalue weighted by Gasteiger charge is 2.40. The van der Waals surface area contributed by atoms with Gasteiger partial charge in [-0.25, -0.2) is 8.42 Å². The van der Waals surface area contributed by atoms with Gasteiger partial charge in [0.15, 0.2) is 0 Å². The summed E-state index contributed by atoms with van der Waals surface area (Å²) >= 11 is 0. The summed E-state index contributed by atoms with van der Waals surface area (Å²) < 4.78 is 25.4. The molecule has 1 heterocycles. The highest BCUT2D eigenvalue weighted by atomic mass is 32.2. The normalized spacial score (nSPS) is 25.7. The highest BCUT2D eigenvalue weighted by Crippen LogP contribution is 2.31. The monoisotopic (exact) mass is 233 g/mol. The Balaban J connectivity index is 1.87. The number of nitrogens with zero attached hydrogens (tertiary/aromatic N) is 2. The van der Waals surface area contributed by atoms with Gasteiger partial charge in [0.1, 0.15) is 0 Å². The summed E-state index contributed by atoms with van der Waals surface area (Å²) in [4.78, 5) is 2.22. The lowest BCUT2D eigenvalue weighted by Gasteiger charge is -2.33. The lowest BCUT2D eigenvalue weighted by Crippen LogP contribution is -2.50. The molecule has 1 saturated carbocycles. The van der Waals surface area contributed by atoms with Gasteiger partial charge >= 0.3 is 0 Å². The van der Waals surface area contributed by atoms with Crippen LogP contribution in [0.25, 0.3) is 0 Å². The zero-order valence-electron chi connectivity index (χ0n) is 8.93. The van der Waals surface area contributed by atoms with Crippen LogP contribution in [0.5, 0.6) is 0 Å². The van der Waals surface area contributed by atoms with Gasteiger partial charge in [-0.15, -0.1) is 0 Å². The van der Waals surface area contributed by atoms with Gasteiger partial charge in [-0.2, -0.15) is 4.31 Å². The second-order valence-electron chi connectivity index (χ2n) is 4.27. The topological polar surface area (TPSA) is 66.6 Å². The molecule has 2 rings (SSSR count). The van der Waals surface area contributed by atoms with Crippen LogP contribution in [-0.4, -0.2) is 62.1 Å². The minimum Gasteiger partial charge on any atom is -0.329 e. The van der Waals surface area contributed by atoms with Gasteiger partial charge in [0.05, 0.1) is 5.25 Å². The first-order chi connectivity index (χ1) is 7.14. The quantitative estimate of drug-likeness (QED) is 0.680. The fourth-order valence-corrected chi connectivity index (χ4v) is 3.79. The fraction of sp³-hybridized carbons (Fsp3) is 1.00. The van der Waals surface area contributed by atoms with Crippen LogP contribution in [0.3, 0.4) is 0 Å². The molecule has 0 bridgehead atoms. The molecular weight excluding hydrogens is 214 g/mol. The lowest BCUT2D eigenvalue weighted by atomic mass is 10.3. The van der Waals surface area contributed by atoms with Gasteiger partial charge in [-0.1, -0.05) is 0 Å². The van der Waals surface area contributed by atoms with E-state index in [4.69, 9.17) is 5.73 Å². The van der Waals surface area contributed by atoms with Crippen molar-refractivity contribution in [2.75, 3.05) is 39.3 Å². The van der Waals surface area contributed by atoms with Crippen molar-refractivity contribution < 1.29 is 8.42 Å². The third-order valence-electron chi connectivity index (χ3n) is 3.08. The number of rotatable bonds is 4. The van der Waals surface area contributed by atoms with Crippen molar-refractivity contribution in [3.63, 3.8) is 0 Å². The number of hydrogen-bond donors (Lipinski definition) is 1. The number of hydrogen-bond acceptors (Lipinski definition) is 4. The summed E-state index contributed by atoms with van der Waals surface area (Å²) in [5.74, 6) is 0. The van der Waals surface area contributed by atoms with E-state index in [1.807, 2.05) is 0 Å². The van der Waals surface area contributed by atoms with E-state index in [2.05, 4.69) is 4.90 Å². The smallest absolute Gasteiger partial charge is 0.217 e. The molecule has 1 saturated heterocycles. The molecule has 2 N–H and O–H groups in total. The molecule has 2 fully saturated rings. The van der Waals surface area contributed by atoms with Crippen LogP contribution in [0.2, 0.25) is 0 Å². The Morgan fingerprint density at radius 1 is 1.13 bits per heavy atom. The summed E-state index contributed by atoms with van der Waals surface area (Å²) in [6, 6.07) is 0. The van der Waals surface area contributed by atoms with E-state index in [0.29, 0.717) is 19.6 Å². The molecule has 5 nitrogen and oxygen atoms in total. The first kappa shape index (κ1) is 11.3. The van der Waals surface area contributed by atoms with Crippen LogP contribution in [0.1, 0.15) is 12.8 Å². The van der Waals surface area contributed by atoms with Crippen molar-refractivity contribution in [3.05, 3.63) is 0 Å². The molecule has 0 radical (unpaired) electrons. The third-order valence-corrected chi connectivity index (χ3v) is 5.48. The summed E-state index contributed by atoms with van der Waals surface area (Å²) in [5.41, 5.74) is 5.46. The molecule has 0 atom stereocenters. The van der Waals surface area contributed by atoms with Crippen molar-refractivity contribution in [1.29, 1.82) is 0 Å². The minimum absolute atomic E-state index is 0.0708. The maximum atomic E-state index is 11.9. The Kier molecular flexibility index (Phi) is 3.30. The van der Waals surface area contributed by atoms with Crippen LogP contribution >= 0.6 is 0 Å². The van der Waals surface area contributed by atoms with Crippen LogP contribution < -0.4 is 5.73 Å². The SMILES string of the molecule is NCCN1CCN(S(=O)(=O)C2CC2)CC1. The minimum atomic E-state index is -2.95. The Hall–Kier alpha value is -0.170. The summed E-state index contributed by atoms with van der Waals surface area (Å²) in [6.07, 6.45) is 1.71. The van der Waals surface area contributed by atoms with Crippen molar-refractivity contribution in [2.45, 2.75) is 18.1 Å². The first-order valence-electron chi connectivity index (χ1n) is 5.56. The van der Waals surface area contributed by atoms with Crippen molar-refractivity contribution >= 4 is 10.0 Å².